The molecular weight excluding hydrogens is 334 g/mol. The Kier molecular flexibility index (Phi) is 4.26. The van der Waals surface area contributed by atoms with E-state index < -0.39 is 18.4 Å². The molecule has 3 rings (SSSR count). The summed E-state index contributed by atoms with van der Waals surface area (Å²) < 4.78 is 6.90. The second kappa shape index (κ2) is 6.37. The van der Waals surface area contributed by atoms with Crippen LogP contribution in [-0.2, 0) is 18.4 Å². The van der Waals surface area contributed by atoms with Gasteiger partial charge in [0.05, 0.1) is 23.8 Å². The van der Waals surface area contributed by atoms with Crippen LogP contribution >= 0.6 is 11.6 Å². The highest BCUT2D eigenvalue weighted by Crippen LogP contribution is 2.21. The van der Waals surface area contributed by atoms with Crippen LogP contribution in [-0.4, -0.2) is 38.0 Å². The van der Waals surface area contributed by atoms with Gasteiger partial charge in [-0.15, -0.1) is 0 Å². The molecule has 0 fully saturated rings. The molecule has 0 unspecified atom stereocenters. The van der Waals surface area contributed by atoms with E-state index in [-0.39, 0.29) is 6.54 Å². The first-order valence-electron chi connectivity index (χ1n) is 7.11. The van der Waals surface area contributed by atoms with E-state index >= 15 is 0 Å². The van der Waals surface area contributed by atoms with Crippen LogP contribution in [0.15, 0.2) is 41.0 Å². The van der Waals surface area contributed by atoms with Gasteiger partial charge in [-0.25, -0.2) is 4.98 Å². The van der Waals surface area contributed by atoms with Crippen molar-refractivity contribution < 1.29 is 19.1 Å². The number of aliphatic carboxylic acids is 1. The third-order valence-corrected chi connectivity index (χ3v) is 3.95. The number of carboxylic acid groups (broad SMARTS) is 1. The van der Waals surface area contributed by atoms with Crippen LogP contribution in [0.2, 0.25) is 5.28 Å². The van der Waals surface area contributed by atoms with Crippen molar-refractivity contribution in [1.29, 1.82) is 0 Å². The Morgan fingerprint density at radius 2 is 2.17 bits per heavy atom. The summed E-state index contributed by atoms with van der Waals surface area (Å²) in [5, 5.41) is 9.37. The molecule has 0 radical (unpaired) electrons. The molecule has 0 spiro atoms. The number of imidazole rings is 1. The zero-order valence-corrected chi connectivity index (χ0v) is 13.5. The minimum absolute atomic E-state index is 0.0686. The second-order valence-corrected chi connectivity index (χ2v) is 5.62. The summed E-state index contributed by atoms with van der Waals surface area (Å²) in [7, 11) is 1.77. The summed E-state index contributed by atoms with van der Waals surface area (Å²) >= 11 is 5.98. The van der Waals surface area contributed by atoms with Crippen molar-refractivity contribution >= 4 is 34.5 Å². The fraction of sp³-hybridized carbons (Fsp3) is 0.188. The molecule has 0 saturated heterocycles. The molecule has 1 aromatic carbocycles. The number of nitrogens with zero attached hydrogens (tertiary/aromatic N) is 3. The number of aryl methyl sites for hydroxylation is 1. The van der Waals surface area contributed by atoms with E-state index in [2.05, 4.69) is 4.98 Å². The number of benzene rings is 1. The number of furan rings is 1. The summed E-state index contributed by atoms with van der Waals surface area (Å²) in [5.41, 5.74) is 1.69. The molecule has 3 aromatic rings. The van der Waals surface area contributed by atoms with E-state index in [1.807, 2.05) is 0 Å². The van der Waals surface area contributed by atoms with Gasteiger partial charge in [0.2, 0.25) is 5.28 Å². The van der Waals surface area contributed by atoms with Crippen LogP contribution in [0.3, 0.4) is 0 Å². The molecule has 0 aliphatic rings. The topological polar surface area (TPSA) is 88.6 Å². The van der Waals surface area contributed by atoms with Crippen LogP contribution in [0, 0.1) is 0 Å². The largest absolute Gasteiger partial charge is 0.480 e. The van der Waals surface area contributed by atoms with Gasteiger partial charge < -0.3 is 19.0 Å². The third kappa shape index (κ3) is 3.11. The molecule has 0 aliphatic carbocycles. The van der Waals surface area contributed by atoms with Gasteiger partial charge in [-0.1, -0.05) is 0 Å². The van der Waals surface area contributed by atoms with E-state index in [4.69, 9.17) is 21.1 Å². The SMILES string of the molecule is Cn1c(Cl)nc2cc(C(=O)N(CC(=O)O)Cc3ccco3)ccc21. The van der Waals surface area contributed by atoms with Crippen molar-refractivity contribution in [2.24, 2.45) is 7.05 Å². The molecule has 8 heteroatoms. The number of carboxylic acids is 1. The Hall–Kier alpha value is -2.80. The smallest absolute Gasteiger partial charge is 0.323 e. The fourth-order valence-corrected chi connectivity index (χ4v) is 2.62. The van der Waals surface area contributed by atoms with Crippen molar-refractivity contribution in [2.75, 3.05) is 6.54 Å². The van der Waals surface area contributed by atoms with Crippen molar-refractivity contribution in [3.63, 3.8) is 0 Å². The predicted molar refractivity (Wildman–Crippen MR) is 86.8 cm³/mol. The quantitative estimate of drug-likeness (QED) is 0.766. The van der Waals surface area contributed by atoms with Gasteiger partial charge in [0, 0.05) is 12.6 Å². The predicted octanol–water partition coefficient (Wildman–Crippen LogP) is 2.55. The zero-order chi connectivity index (χ0) is 17.3. The minimum Gasteiger partial charge on any atom is -0.480 e. The maximum Gasteiger partial charge on any atom is 0.323 e. The number of rotatable bonds is 5. The maximum absolute atomic E-state index is 12.7. The number of fused-ring (bicyclic) bond motifs is 1. The lowest BCUT2D eigenvalue weighted by molar-refractivity contribution is -0.137. The van der Waals surface area contributed by atoms with Crippen LogP contribution in [0.5, 0.6) is 0 Å². The zero-order valence-electron chi connectivity index (χ0n) is 12.8. The van der Waals surface area contributed by atoms with Gasteiger partial charge in [0.1, 0.15) is 12.3 Å². The van der Waals surface area contributed by atoms with E-state index in [1.54, 1.807) is 41.9 Å². The first-order chi connectivity index (χ1) is 11.5. The number of hydrogen-bond donors (Lipinski definition) is 1. The Bertz CT molecular complexity index is 902. The normalized spacial score (nSPS) is 10.9. The molecule has 0 aliphatic heterocycles. The summed E-state index contributed by atoms with van der Waals surface area (Å²) in [6.07, 6.45) is 1.47. The average molecular weight is 348 g/mol. The number of halogens is 1. The Balaban J connectivity index is 1.92. The first-order valence-corrected chi connectivity index (χ1v) is 7.49. The van der Waals surface area contributed by atoms with Gasteiger partial charge in [0.25, 0.3) is 5.91 Å². The van der Waals surface area contributed by atoms with Gasteiger partial charge in [-0.05, 0) is 41.9 Å². The Morgan fingerprint density at radius 1 is 1.38 bits per heavy atom. The van der Waals surface area contributed by atoms with Crippen molar-refractivity contribution in [1.82, 2.24) is 14.5 Å². The summed E-state index contributed by atoms with van der Waals surface area (Å²) in [4.78, 5) is 29.1. The number of amides is 1. The van der Waals surface area contributed by atoms with E-state index in [1.165, 1.54) is 11.2 Å². The van der Waals surface area contributed by atoms with Crippen molar-refractivity contribution in [3.8, 4) is 0 Å². The van der Waals surface area contributed by atoms with Gasteiger partial charge in [0.15, 0.2) is 0 Å². The molecule has 0 atom stereocenters. The Morgan fingerprint density at radius 3 is 2.83 bits per heavy atom. The number of carbonyl (C=O) groups is 2. The van der Waals surface area contributed by atoms with Crippen LogP contribution < -0.4 is 0 Å². The van der Waals surface area contributed by atoms with E-state index in [9.17, 15) is 9.59 Å². The summed E-state index contributed by atoms with van der Waals surface area (Å²) in [5.74, 6) is -1.01. The van der Waals surface area contributed by atoms with Crippen molar-refractivity contribution in [2.45, 2.75) is 6.54 Å². The van der Waals surface area contributed by atoms with E-state index in [0.29, 0.717) is 22.1 Å². The molecule has 2 heterocycles. The average Bonchev–Trinajstić information content (AvgIpc) is 3.14. The molecule has 124 valence electrons. The lowest BCUT2D eigenvalue weighted by Gasteiger charge is -2.19. The number of carbonyl (C=O) groups excluding carboxylic acids is 1. The third-order valence-electron chi connectivity index (χ3n) is 3.61. The molecule has 1 amide bonds. The molecule has 7 nitrogen and oxygen atoms in total. The lowest BCUT2D eigenvalue weighted by Crippen LogP contribution is -2.35. The number of aromatic nitrogens is 2. The standard InChI is InChI=1S/C16H14ClN3O4/c1-19-13-5-4-10(7-12(13)18-16(19)17)15(23)20(9-14(21)22)8-11-3-2-6-24-11/h2-7H,8-9H2,1H3,(H,21,22). The minimum atomic E-state index is -1.10. The molecule has 0 saturated carbocycles. The van der Waals surface area contributed by atoms with Crippen LogP contribution in [0.25, 0.3) is 11.0 Å². The molecular formula is C16H14ClN3O4. The van der Waals surface area contributed by atoms with Crippen molar-refractivity contribution in [3.05, 3.63) is 53.2 Å². The van der Waals surface area contributed by atoms with Gasteiger partial charge >= 0.3 is 5.97 Å². The molecule has 0 bridgehead atoms. The molecule has 1 N–H and O–H groups in total. The highest BCUT2D eigenvalue weighted by Gasteiger charge is 2.21. The van der Waals surface area contributed by atoms with Gasteiger partial charge in [-0.3, -0.25) is 9.59 Å². The van der Waals surface area contributed by atoms with Gasteiger partial charge in [-0.2, -0.15) is 0 Å². The fourth-order valence-electron chi connectivity index (χ4n) is 2.44. The first kappa shape index (κ1) is 16.1. The number of hydrogen-bond acceptors (Lipinski definition) is 4. The molecule has 2 aromatic heterocycles. The highest BCUT2D eigenvalue weighted by atomic mass is 35.5. The second-order valence-electron chi connectivity index (χ2n) is 5.28. The van der Waals surface area contributed by atoms with Crippen LogP contribution in [0.1, 0.15) is 16.1 Å². The summed E-state index contributed by atoms with van der Waals surface area (Å²) in [6, 6.07) is 8.32. The van der Waals surface area contributed by atoms with Crippen LogP contribution in [0.4, 0.5) is 0 Å². The maximum atomic E-state index is 12.7. The monoisotopic (exact) mass is 347 g/mol. The highest BCUT2D eigenvalue weighted by molar-refractivity contribution is 6.29. The summed E-state index contributed by atoms with van der Waals surface area (Å²) in [6.45, 7) is -0.361. The van der Waals surface area contributed by atoms with E-state index in [0.717, 1.165) is 5.52 Å². The molecule has 24 heavy (non-hydrogen) atoms. The Labute approximate surface area is 142 Å². The lowest BCUT2D eigenvalue weighted by atomic mass is 10.1.